The molecule has 7 heteroatoms. The molecule has 2 aromatic carbocycles. The molecule has 0 spiro atoms. The Hall–Kier alpha value is -3.35. The summed E-state index contributed by atoms with van der Waals surface area (Å²) in [5, 5.41) is 5.69. The Balaban J connectivity index is 2.07. The molecule has 6 nitrogen and oxygen atoms in total. The molecule has 1 aliphatic rings. The molecule has 1 heterocycles. The third kappa shape index (κ3) is 4.08. The van der Waals surface area contributed by atoms with E-state index >= 15 is 0 Å². The second-order valence-corrected chi connectivity index (χ2v) is 7.05. The van der Waals surface area contributed by atoms with Crippen LogP contribution in [0.5, 0.6) is 5.75 Å². The van der Waals surface area contributed by atoms with Crippen LogP contribution in [0.25, 0.3) is 0 Å². The second kappa shape index (κ2) is 8.34. The van der Waals surface area contributed by atoms with Crippen LogP contribution >= 0.6 is 0 Å². The number of halogens is 1. The summed E-state index contributed by atoms with van der Waals surface area (Å²) in [6.07, 6.45) is 0. The van der Waals surface area contributed by atoms with Crippen LogP contribution in [0.2, 0.25) is 0 Å². The number of anilines is 1. The SMILES string of the molecule is COc1ccccc1NC(=O)C1=C(C)N(C(C)C)C(=O)N[C@H]1c1cccc(F)c1. The molecule has 0 aliphatic carbocycles. The first kappa shape index (κ1) is 20.4. The van der Waals surface area contributed by atoms with E-state index in [0.717, 1.165) is 0 Å². The van der Waals surface area contributed by atoms with E-state index in [-0.39, 0.29) is 12.1 Å². The average Bonchev–Trinajstić information content (AvgIpc) is 2.67. The largest absolute Gasteiger partial charge is 0.495 e. The number of hydrogen-bond donors (Lipinski definition) is 2. The fourth-order valence-corrected chi connectivity index (χ4v) is 3.55. The Morgan fingerprint density at radius 2 is 1.93 bits per heavy atom. The van der Waals surface area contributed by atoms with Crippen LogP contribution in [-0.2, 0) is 4.79 Å². The van der Waals surface area contributed by atoms with Crippen LogP contribution in [0.4, 0.5) is 14.9 Å². The van der Waals surface area contributed by atoms with Gasteiger partial charge in [-0.05, 0) is 50.6 Å². The molecule has 2 aromatic rings. The number of rotatable bonds is 5. The van der Waals surface area contributed by atoms with Crippen LogP contribution in [0, 0.1) is 5.82 Å². The summed E-state index contributed by atoms with van der Waals surface area (Å²) in [5.41, 5.74) is 1.86. The van der Waals surface area contributed by atoms with Gasteiger partial charge in [-0.3, -0.25) is 9.69 Å². The van der Waals surface area contributed by atoms with Gasteiger partial charge in [-0.1, -0.05) is 24.3 Å². The van der Waals surface area contributed by atoms with E-state index in [1.54, 1.807) is 43.3 Å². The number of carbonyl (C=O) groups is 2. The number of nitrogens with zero attached hydrogens (tertiary/aromatic N) is 1. The summed E-state index contributed by atoms with van der Waals surface area (Å²) in [5.74, 6) is -0.320. The molecule has 3 amide bonds. The predicted octanol–water partition coefficient (Wildman–Crippen LogP) is 4.22. The maximum atomic E-state index is 13.8. The first-order valence-corrected chi connectivity index (χ1v) is 9.33. The van der Waals surface area contributed by atoms with E-state index in [2.05, 4.69) is 10.6 Å². The number of ether oxygens (including phenoxy) is 1. The van der Waals surface area contributed by atoms with Gasteiger partial charge < -0.3 is 15.4 Å². The number of para-hydroxylation sites is 2. The summed E-state index contributed by atoms with van der Waals surface area (Å²) in [6.45, 7) is 5.45. The molecule has 0 unspecified atom stereocenters. The number of methoxy groups -OCH3 is 1. The van der Waals surface area contributed by atoms with Gasteiger partial charge in [0.05, 0.1) is 24.4 Å². The molecule has 3 rings (SSSR count). The lowest BCUT2D eigenvalue weighted by Crippen LogP contribution is -2.50. The molecular weight excluding hydrogens is 373 g/mol. The normalized spacial score (nSPS) is 16.7. The van der Waals surface area contributed by atoms with Crippen LogP contribution in [0.3, 0.4) is 0 Å². The van der Waals surface area contributed by atoms with E-state index < -0.39 is 17.8 Å². The van der Waals surface area contributed by atoms with Gasteiger partial charge in [-0.2, -0.15) is 0 Å². The molecule has 1 aliphatic heterocycles. The molecule has 0 saturated carbocycles. The Kier molecular flexibility index (Phi) is 5.87. The van der Waals surface area contributed by atoms with Gasteiger partial charge in [0.25, 0.3) is 5.91 Å². The number of benzene rings is 2. The van der Waals surface area contributed by atoms with E-state index in [0.29, 0.717) is 28.3 Å². The highest BCUT2D eigenvalue weighted by Gasteiger charge is 2.37. The lowest BCUT2D eigenvalue weighted by Gasteiger charge is -2.38. The molecule has 0 saturated heterocycles. The van der Waals surface area contributed by atoms with Crippen molar-refractivity contribution in [3.05, 3.63) is 71.2 Å². The standard InChI is InChI=1S/C22H24FN3O3/c1-13(2)26-14(3)19(21(27)24-17-10-5-6-11-18(17)29-4)20(25-22(26)28)15-8-7-9-16(23)12-15/h5-13,20H,1-4H3,(H,24,27)(H,25,28)/t20-/m0/s1. The molecule has 2 N–H and O–H groups in total. The number of hydrogen-bond acceptors (Lipinski definition) is 3. The highest BCUT2D eigenvalue weighted by molar-refractivity contribution is 6.07. The zero-order chi connectivity index (χ0) is 21.1. The summed E-state index contributed by atoms with van der Waals surface area (Å²) >= 11 is 0. The summed E-state index contributed by atoms with van der Waals surface area (Å²) in [4.78, 5) is 27.5. The number of allylic oxidation sites excluding steroid dienone is 1. The minimum absolute atomic E-state index is 0.155. The van der Waals surface area contributed by atoms with Crippen molar-refractivity contribution in [3.8, 4) is 5.75 Å². The Morgan fingerprint density at radius 1 is 1.21 bits per heavy atom. The van der Waals surface area contributed by atoms with Crippen molar-refractivity contribution in [3.63, 3.8) is 0 Å². The van der Waals surface area contributed by atoms with Gasteiger partial charge in [-0.25, -0.2) is 9.18 Å². The fourth-order valence-electron chi connectivity index (χ4n) is 3.55. The van der Waals surface area contributed by atoms with Crippen molar-refractivity contribution in [1.29, 1.82) is 0 Å². The van der Waals surface area contributed by atoms with Crippen molar-refractivity contribution >= 4 is 17.6 Å². The highest BCUT2D eigenvalue weighted by atomic mass is 19.1. The topological polar surface area (TPSA) is 70.7 Å². The number of carbonyl (C=O) groups excluding carboxylic acids is 2. The molecule has 152 valence electrons. The smallest absolute Gasteiger partial charge is 0.322 e. The molecule has 0 bridgehead atoms. The van der Waals surface area contributed by atoms with Crippen LogP contribution in [0.1, 0.15) is 32.4 Å². The first-order valence-electron chi connectivity index (χ1n) is 9.33. The van der Waals surface area contributed by atoms with E-state index in [1.165, 1.54) is 24.1 Å². The van der Waals surface area contributed by atoms with Gasteiger partial charge >= 0.3 is 6.03 Å². The van der Waals surface area contributed by atoms with E-state index in [4.69, 9.17) is 4.74 Å². The minimum atomic E-state index is -0.775. The van der Waals surface area contributed by atoms with Crippen molar-refractivity contribution in [2.75, 3.05) is 12.4 Å². The lowest BCUT2D eigenvalue weighted by atomic mass is 9.93. The van der Waals surface area contributed by atoms with Gasteiger partial charge in [0, 0.05) is 11.7 Å². The van der Waals surface area contributed by atoms with Gasteiger partial charge in [0.2, 0.25) is 0 Å². The van der Waals surface area contributed by atoms with Crippen LogP contribution in [-0.4, -0.2) is 30.0 Å². The van der Waals surface area contributed by atoms with Crippen LogP contribution in [0.15, 0.2) is 59.8 Å². The average molecular weight is 397 g/mol. The lowest BCUT2D eigenvalue weighted by molar-refractivity contribution is -0.113. The molecule has 0 aromatic heterocycles. The maximum absolute atomic E-state index is 13.8. The predicted molar refractivity (Wildman–Crippen MR) is 109 cm³/mol. The van der Waals surface area contributed by atoms with Crippen molar-refractivity contribution in [1.82, 2.24) is 10.2 Å². The quantitative estimate of drug-likeness (QED) is 0.794. The number of nitrogens with one attached hydrogen (secondary N) is 2. The summed E-state index contributed by atoms with van der Waals surface area (Å²) in [6, 6.07) is 11.7. The van der Waals surface area contributed by atoms with Crippen molar-refractivity contribution < 1.29 is 18.7 Å². The molecular formula is C22H24FN3O3. The molecule has 29 heavy (non-hydrogen) atoms. The number of amides is 3. The monoisotopic (exact) mass is 397 g/mol. The van der Waals surface area contributed by atoms with Gasteiger partial charge in [0.1, 0.15) is 11.6 Å². The number of urea groups is 1. The van der Waals surface area contributed by atoms with Crippen molar-refractivity contribution in [2.24, 2.45) is 0 Å². The van der Waals surface area contributed by atoms with Crippen molar-refractivity contribution in [2.45, 2.75) is 32.9 Å². The Bertz CT molecular complexity index is 971. The zero-order valence-electron chi connectivity index (χ0n) is 16.8. The second-order valence-electron chi connectivity index (χ2n) is 7.05. The van der Waals surface area contributed by atoms with E-state index in [9.17, 15) is 14.0 Å². The third-order valence-corrected chi connectivity index (χ3v) is 4.82. The minimum Gasteiger partial charge on any atom is -0.495 e. The van der Waals surface area contributed by atoms with Crippen LogP contribution < -0.4 is 15.4 Å². The summed E-state index contributed by atoms with van der Waals surface area (Å²) in [7, 11) is 1.52. The zero-order valence-corrected chi connectivity index (χ0v) is 16.8. The summed E-state index contributed by atoms with van der Waals surface area (Å²) < 4.78 is 19.1. The Morgan fingerprint density at radius 3 is 2.59 bits per heavy atom. The van der Waals surface area contributed by atoms with Gasteiger partial charge in [0.15, 0.2) is 0 Å². The van der Waals surface area contributed by atoms with E-state index in [1.807, 2.05) is 13.8 Å². The molecule has 1 atom stereocenters. The maximum Gasteiger partial charge on any atom is 0.322 e. The highest BCUT2D eigenvalue weighted by Crippen LogP contribution is 2.33. The fraction of sp³-hybridized carbons (Fsp3) is 0.273. The van der Waals surface area contributed by atoms with Gasteiger partial charge in [-0.15, -0.1) is 0 Å². The molecule has 0 radical (unpaired) electrons. The Labute approximate surface area is 169 Å². The third-order valence-electron chi connectivity index (χ3n) is 4.82. The first-order chi connectivity index (χ1) is 13.8. The molecule has 0 fully saturated rings.